The maximum atomic E-state index is 13.2. The first kappa shape index (κ1) is 20.3. The highest BCUT2D eigenvalue weighted by molar-refractivity contribution is 7.89. The number of hydrogen-bond donors (Lipinski definition) is 2. The maximum absolute atomic E-state index is 13.2. The highest BCUT2D eigenvalue weighted by atomic mass is 32.2. The van der Waals surface area contributed by atoms with E-state index in [1.807, 2.05) is 29.2 Å². The lowest BCUT2D eigenvalue weighted by atomic mass is 10.2. The Balaban J connectivity index is 1.33. The van der Waals surface area contributed by atoms with Crippen molar-refractivity contribution in [1.82, 2.24) is 15.0 Å². The molecule has 3 aromatic rings. The summed E-state index contributed by atoms with van der Waals surface area (Å²) in [6.45, 7) is 0.660. The number of anilines is 1. The Hall–Kier alpha value is -2.98. The summed E-state index contributed by atoms with van der Waals surface area (Å²) in [5.74, 6) is -1.14. The van der Waals surface area contributed by atoms with E-state index in [1.165, 1.54) is 12.1 Å². The predicted molar refractivity (Wildman–Crippen MR) is 109 cm³/mol. The van der Waals surface area contributed by atoms with Crippen LogP contribution < -0.4 is 14.9 Å². The molecular weight excluding hydrogens is 411 g/mol. The summed E-state index contributed by atoms with van der Waals surface area (Å²) < 4.78 is 45.6. The molecule has 0 aliphatic carbocycles. The summed E-state index contributed by atoms with van der Waals surface area (Å²) >= 11 is 0. The third-order valence-electron chi connectivity index (χ3n) is 4.97. The van der Waals surface area contributed by atoms with E-state index in [0.717, 1.165) is 37.0 Å². The minimum absolute atomic E-state index is 0.00170. The van der Waals surface area contributed by atoms with E-state index in [-0.39, 0.29) is 10.9 Å². The number of rotatable bonds is 7. The number of carbonyl (C=O) groups is 1. The van der Waals surface area contributed by atoms with Crippen LogP contribution in [0.25, 0.3) is 11.1 Å². The third-order valence-corrected chi connectivity index (χ3v) is 6.37. The Bertz CT molecular complexity index is 1130. The molecule has 30 heavy (non-hydrogen) atoms. The van der Waals surface area contributed by atoms with Gasteiger partial charge >= 0.3 is 0 Å². The Morgan fingerprint density at radius 3 is 2.87 bits per heavy atom. The minimum Gasteiger partial charge on any atom is -0.423 e. The number of para-hydroxylation sites is 2. The van der Waals surface area contributed by atoms with Gasteiger partial charge in [0, 0.05) is 13.1 Å². The standard InChI is InChI=1S/C20H21FN4O4S/c21-14-5-3-7-16(11-14)30(27,28)23-13-19(26)22-12-15-6-4-10-25(15)20-24-17-8-1-2-9-18(17)29-20/h1-3,5,7-9,11,15,23H,4,6,10,12-13H2,(H,22,26). The molecule has 1 atom stereocenters. The van der Waals surface area contributed by atoms with Crippen LogP contribution in [0.4, 0.5) is 10.4 Å². The second-order valence-electron chi connectivity index (χ2n) is 7.04. The molecule has 2 aromatic carbocycles. The van der Waals surface area contributed by atoms with Crippen LogP contribution in [0.1, 0.15) is 12.8 Å². The summed E-state index contributed by atoms with van der Waals surface area (Å²) in [5, 5.41) is 2.74. The predicted octanol–water partition coefficient (Wildman–Crippen LogP) is 2.03. The zero-order chi connectivity index (χ0) is 21.1. The van der Waals surface area contributed by atoms with Crippen LogP contribution in [0.3, 0.4) is 0 Å². The largest absolute Gasteiger partial charge is 0.423 e. The van der Waals surface area contributed by atoms with Crippen LogP contribution in [-0.2, 0) is 14.8 Å². The normalized spacial score (nSPS) is 16.8. The molecule has 158 valence electrons. The molecule has 0 bridgehead atoms. The number of nitrogens with zero attached hydrogens (tertiary/aromatic N) is 2. The number of amides is 1. The number of aromatic nitrogens is 1. The second kappa shape index (κ2) is 8.41. The van der Waals surface area contributed by atoms with Crippen molar-refractivity contribution in [3.05, 3.63) is 54.3 Å². The fraction of sp³-hybridized carbons (Fsp3) is 0.300. The van der Waals surface area contributed by atoms with Crippen molar-refractivity contribution in [3.8, 4) is 0 Å². The third kappa shape index (κ3) is 4.44. The number of halogens is 1. The zero-order valence-corrected chi connectivity index (χ0v) is 16.9. The molecule has 1 amide bonds. The van der Waals surface area contributed by atoms with Crippen LogP contribution >= 0.6 is 0 Å². The van der Waals surface area contributed by atoms with Crippen molar-refractivity contribution in [2.45, 2.75) is 23.8 Å². The lowest BCUT2D eigenvalue weighted by Crippen LogP contribution is -2.43. The first-order valence-electron chi connectivity index (χ1n) is 9.56. The van der Waals surface area contributed by atoms with Crippen molar-refractivity contribution < 1.29 is 22.0 Å². The number of sulfonamides is 1. The maximum Gasteiger partial charge on any atom is 0.298 e. The molecule has 1 aliphatic rings. The molecule has 1 aromatic heterocycles. The molecule has 2 heterocycles. The molecule has 1 unspecified atom stereocenters. The number of carbonyl (C=O) groups excluding carboxylic acids is 1. The van der Waals surface area contributed by atoms with Crippen molar-refractivity contribution in [2.75, 3.05) is 24.5 Å². The van der Waals surface area contributed by atoms with Gasteiger partial charge in [0.15, 0.2) is 5.58 Å². The van der Waals surface area contributed by atoms with E-state index >= 15 is 0 Å². The first-order valence-corrected chi connectivity index (χ1v) is 11.0. The van der Waals surface area contributed by atoms with Crippen molar-refractivity contribution in [3.63, 3.8) is 0 Å². The smallest absolute Gasteiger partial charge is 0.298 e. The lowest BCUT2D eigenvalue weighted by molar-refractivity contribution is -0.120. The van der Waals surface area contributed by atoms with Gasteiger partial charge in [-0.05, 0) is 43.2 Å². The van der Waals surface area contributed by atoms with Gasteiger partial charge in [0.05, 0.1) is 17.5 Å². The van der Waals surface area contributed by atoms with Crippen LogP contribution in [0.2, 0.25) is 0 Å². The molecule has 1 aliphatic heterocycles. The van der Waals surface area contributed by atoms with Crippen molar-refractivity contribution in [1.29, 1.82) is 0 Å². The monoisotopic (exact) mass is 432 g/mol. The van der Waals surface area contributed by atoms with Crippen LogP contribution in [-0.4, -0.2) is 45.0 Å². The van der Waals surface area contributed by atoms with E-state index in [2.05, 4.69) is 15.0 Å². The van der Waals surface area contributed by atoms with E-state index in [9.17, 15) is 17.6 Å². The fourth-order valence-electron chi connectivity index (χ4n) is 3.45. The quantitative estimate of drug-likeness (QED) is 0.592. The number of oxazole rings is 1. The molecule has 8 nitrogen and oxygen atoms in total. The number of benzene rings is 2. The average molecular weight is 432 g/mol. The highest BCUT2D eigenvalue weighted by Gasteiger charge is 2.28. The Morgan fingerprint density at radius 1 is 1.23 bits per heavy atom. The van der Waals surface area contributed by atoms with E-state index in [1.54, 1.807) is 0 Å². The summed E-state index contributed by atoms with van der Waals surface area (Å²) in [4.78, 5) is 18.4. The number of hydrogen-bond acceptors (Lipinski definition) is 6. The van der Waals surface area contributed by atoms with E-state index in [0.29, 0.717) is 18.1 Å². The number of nitrogens with one attached hydrogen (secondary N) is 2. The summed E-state index contributed by atoms with van der Waals surface area (Å²) in [6, 6.07) is 12.6. The molecule has 0 saturated carbocycles. The topological polar surface area (TPSA) is 105 Å². The summed E-state index contributed by atoms with van der Waals surface area (Å²) in [5.41, 5.74) is 1.47. The molecule has 0 spiro atoms. The summed E-state index contributed by atoms with van der Waals surface area (Å²) in [7, 11) is -3.97. The SMILES string of the molecule is O=C(CNS(=O)(=O)c1cccc(F)c1)NCC1CCCN1c1nc2ccccc2o1. The zero-order valence-electron chi connectivity index (χ0n) is 16.0. The van der Waals surface area contributed by atoms with Gasteiger partial charge in [-0.2, -0.15) is 4.98 Å². The Morgan fingerprint density at radius 2 is 2.07 bits per heavy atom. The molecule has 2 N–H and O–H groups in total. The molecule has 10 heteroatoms. The van der Waals surface area contributed by atoms with E-state index < -0.39 is 28.3 Å². The highest BCUT2D eigenvalue weighted by Crippen LogP contribution is 2.27. The van der Waals surface area contributed by atoms with Gasteiger partial charge in [-0.25, -0.2) is 17.5 Å². The average Bonchev–Trinajstić information content (AvgIpc) is 3.37. The minimum atomic E-state index is -3.97. The van der Waals surface area contributed by atoms with Gasteiger partial charge in [0.25, 0.3) is 6.01 Å². The van der Waals surface area contributed by atoms with Gasteiger partial charge in [-0.3, -0.25) is 4.79 Å². The van der Waals surface area contributed by atoms with Crippen LogP contribution in [0, 0.1) is 5.82 Å². The van der Waals surface area contributed by atoms with Gasteiger partial charge in [-0.1, -0.05) is 18.2 Å². The Kier molecular flexibility index (Phi) is 5.69. The van der Waals surface area contributed by atoms with Crippen LogP contribution in [0.5, 0.6) is 0 Å². The number of fused-ring (bicyclic) bond motifs is 1. The second-order valence-corrected chi connectivity index (χ2v) is 8.81. The first-order chi connectivity index (χ1) is 14.4. The van der Waals surface area contributed by atoms with Crippen LogP contribution in [0.15, 0.2) is 57.8 Å². The molecular formula is C20H21FN4O4S. The summed E-state index contributed by atoms with van der Waals surface area (Å²) in [6.07, 6.45) is 1.79. The molecule has 4 rings (SSSR count). The van der Waals surface area contributed by atoms with Crippen molar-refractivity contribution >= 4 is 33.0 Å². The molecule has 1 fully saturated rings. The van der Waals surface area contributed by atoms with Gasteiger partial charge in [-0.15, -0.1) is 0 Å². The van der Waals surface area contributed by atoms with E-state index in [4.69, 9.17) is 4.42 Å². The molecule has 0 radical (unpaired) electrons. The lowest BCUT2D eigenvalue weighted by Gasteiger charge is -2.23. The molecule has 1 saturated heterocycles. The Labute approximate surface area is 173 Å². The van der Waals surface area contributed by atoms with Gasteiger partial charge in [0.1, 0.15) is 11.3 Å². The van der Waals surface area contributed by atoms with Crippen molar-refractivity contribution in [2.24, 2.45) is 0 Å². The fourth-order valence-corrected chi connectivity index (χ4v) is 4.47. The van der Waals surface area contributed by atoms with Gasteiger partial charge < -0.3 is 14.6 Å². The van der Waals surface area contributed by atoms with Gasteiger partial charge in [0.2, 0.25) is 15.9 Å².